The highest BCUT2D eigenvalue weighted by Crippen LogP contribution is 2.20. The number of nitrogens with zero attached hydrogens (tertiary/aromatic N) is 2. The Bertz CT molecular complexity index is 409. The molecule has 0 unspecified atom stereocenters. The van der Waals surface area contributed by atoms with Gasteiger partial charge in [0.1, 0.15) is 0 Å². The number of aliphatic hydroxyl groups excluding tert-OH is 1. The van der Waals surface area contributed by atoms with Crippen LogP contribution in [-0.4, -0.2) is 45.8 Å². The monoisotopic (exact) mass is 286 g/mol. The van der Waals surface area contributed by atoms with Crippen LogP contribution in [0, 0.1) is 6.92 Å². The first kappa shape index (κ1) is 13.8. The van der Waals surface area contributed by atoms with Crippen LogP contribution in [0.1, 0.15) is 23.5 Å². The minimum atomic E-state index is 0.0413. The van der Waals surface area contributed by atoms with Gasteiger partial charge in [0.25, 0.3) is 0 Å². The molecule has 1 saturated heterocycles. The molecule has 0 spiro atoms. The second-order valence-corrected chi connectivity index (χ2v) is 6.46. The van der Waals surface area contributed by atoms with Gasteiger partial charge in [-0.15, -0.1) is 23.1 Å². The van der Waals surface area contributed by atoms with E-state index in [9.17, 15) is 9.90 Å². The van der Waals surface area contributed by atoms with Crippen LogP contribution in [-0.2, 0) is 10.5 Å². The van der Waals surface area contributed by atoms with E-state index in [2.05, 4.69) is 4.98 Å². The number of thioether (sulfide) groups is 1. The maximum absolute atomic E-state index is 12.0. The topological polar surface area (TPSA) is 53.4 Å². The van der Waals surface area contributed by atoms with E-state index in [4.69, 9.17) is 0 Å². The number of carbonyl (C=O) groups excluding carboxylic acids is 1. The molecule has 100 valence electrons. The fourth-order valence-electron chi connectivity index (χ4n) is 2.15. The number of likely N-dealkylation sites (tertiary alicyclic amines) is 1. The van der Waals surface area contributed by atoms with Gasteiger partial charge < -0.3 is 10.0 Å². The van der Waals surface area contributed by atoms with Crippen molar-refractivity contribution < 1.29 is 9.90 Å². The van der Waals surface area contributed by atoms with Crippen molar-refractivity contribution >= 4 is 29.0 Å². The molecular weight excluding hydrogens is 268 g/mol. The summed E-state index contributed by atoms with van der Waals surface area (Å²) in [4.78, 5) is 18.2. The molecule has 0 saturated carbocycles. The van der Waals surface area contributed by atoms with Gasteiger partial charge in [0.2, 0.25) is 5.91 Å². The van der Waals surface area contributed by atoms with Gasteiger partial charge in [-0.1, -0.05) is 0 Å². The lowest BCUT2D eigenvalue weighted by Crippen LogP contribution is -2.38. The van der Waals surface area contributed by atoms with Crippen molar-refractivity contribution in [2.45, 2.75) is 31.6 Å². The maximum atomic E-state index is 12.0. The summed E-state index contributed by atoms with van der Waals surface area (Å²) in [5.41, 5.74) is 1.05. The first-order valence-electron chi connectivity index (χ1n) is 6.10. The standard InChI is InChI=1S/C12H18N2O2S2/c1-9-13-10(7-18-9)6-17-8-12(16)14-4-2-3-11(14)5-15/h7,11,15H,2-6,8H2,1H3/t11-/m0/s1. The van der Waals surface area contributed by atoms with Crippen molar-refractivity contribution in [3.8, 4) is 0 Å². The van der Waals surface area contributed by atoms with Gasteiger partial charge in [0.15, 0.2) is 0 Å². The third kappa shape index (κ3) is 3.46. The molecule has 1 aromatic heterocycles. The molecule has 2 heterocycles. The first-order chi connectivity index (χ1) is 8.70. The molecule has 1 aliphatic rings. The van der Waals surface area contributed by atoms with E-state index in [1.54, 1.807) is 23.1 Å². The Kier molecular flexibility index (Phi) is 5.03. The molecule has 1 aliphatic heterocycles. The van der Waals surface area contributed by atoms with Crippen molar-refractivity contribution in [1.29, 1.82) is 0 Å². The maximum Gasteiger partial charge on any atom is 0.232 e. The minimum Gasteiger partial charge on any atom is -0.394 e. The molecule has 0 bridgehead atoms. The van der Waals surface area contributed by atoms with Crippen LogP contribution < -0.4 is 0 Å². The lowest BCUT2D eigenvalue weighted by atomic mass is 10.2. The van der Waals surface area contributed by atoms with Crippen LogP contribution in [0.5, 0.6) is 0 Å². The first-order valence-corrected chi connectivity index (χ1v) is 8.13. The molecule has 1 atom stereocenters. The molecule has 2 rings (SSSR count). The second kappa shape index (κ2) is 6.54. The normalized spacial score (nSPS) is 19.4. The number of carbonyl (C=O) groups is 1. The molecule has 1 aromatic rings. The molecule has 18 heavy (non-hydrogen) atoms. The van der Waals surface area contributed by atoms with E-state index >= 15 is 0 Å². The summed E-state index contributed by atoms with van der Waals surface area (Å²) in [5, 5.41) is 12.3. The lowest BCUT2D eigenvalue weighted by molar-refractivity contribution is -0.129. The Hall–Kier alpha value is -0.590. The number of rotatable bonds is 5. The Morgan fingerprint density at radius 1 is 1.72 bits per heavy atom. The Morgan fingerprint density at radius 2 is 2.56 bits per heavy atom. The van der Waals surface area contributed by atoms with Crippen molar-refractivity contribution in [3.63, 3.8) is 0 Å². The average molecular weight is 286 g/mol. The zero-order valence-electron chi connectivity index (χ0n) is 10.5. The van der Waals surface area contributed by atoms with Crippen molar-refractivity contribution in [2.75, 3.05) is 18.9 Å². The third-order valence-electron chi connectivity index (χ3n) is 3.05. The van der Waals surface area contributed by atoms with E-state index in [-0.39, 0.29) is 18.6 Å². The zero-order chi connectivity index (χ0) is 13.0. The quantitative estimate of drug-likeness (QED) is 0.894. The fourth-order valence-corrected chi connectivity index (χ4v) is 3.67. The molecule has 0 aliphatic carbocycles. The minimum absolute atomic E-state index is 0.0413. The van der Waals surface area contributed by atoms with Crippen molar-refractivity contribution in [1.82, 2.24) is 9.88 Å². The van der Waals surface area contributed by atoms with Crippen LogP contribution in [0.15, 0.2) is 5.38 Å². The van der Waals surface area contributed by atoms with Gasteiger partial charge in [0.05, 0.1) is 29.1 Å². The van der Waals surface area contributed by atoms with Crippen LogP contribution >= 0.6 is 23.1 Å². The highest BCUT2D eigenvalue weighted by molar-refractivity contribution is 7.99. The third-order valence-corrected chi connectivity index (χ3v) is 4.82. The van der Waals surface area contributed by atoms with Crippen LogP contribution in [0.25, 0.3) is 0 Å². The number of thiazole rings is 1. The number of aliphatic hydroxyl groups is 1. The molecule has 1 N–H and O–H groups in total. The van der Waals surface area contributed by atoms with Crippen molar-refractivity contribution in [2.24, 2.45) is 0 Å². The number of aromatic nitrogens is 1. The summed E-state index contributed by atoms with van der Waals surface area (Å²) in [6, 6.07) is 0.0413. The molecule has 0 aromatic carbocycles. The molecule has 4 nitrogen and oxygen atoms in total. The van der Waals surface area contributed by atoms with Gasteiger partial charge in [-0.3, -0.25) is 4.79 Å². The number of hydrogen-bond acceptors (Lipinski definition) is 5. The zero-order valence-corrected chi connectivity index (χ0v) is 12.1. The summed E-state index contributed by atoms with van der Waals surface area (Å²) in [6.45, 7) is 2.86. The SMILES string of the molecule is Cc1nc(CSCC(=O)N2CCC[C@H]2CO)cs1. The van der Waals surface area contributed by atoms with E-state index < -0.39 is 0 Å². The van der Waals surface area contributed by atoms with Gasteiger partial charge in [0, 0.05) is 17.7 Å². The smallest absolute Gasteiger partial charge is 0.232 e. The van der Waals surface area contributed by atoms with Gasteiger partial charge in [-0.25, -0.2) is 4.98 Å². The fraction of sp³-hybridized carbons (Fsp3) is 0.667. The molecular formula is C12H18N2O2S2. The van der Waals surface area contributed by atoms with E-state index in [1.165, 1.54) is 0 Å². The van der Waals surface area contributed by atoms with Crippen LogP contribution in [0.2, 0.25) is 0 Å². The van der Waals surface area contributed by atoms with Gasteiger partial charge in [-0.05, 0) is 19.8 Å². The van der Waals surface area contributed by atoms with Crippen LogP contribution in [0.3, 0.4) is 0 Å². The predicted molar refractivity (Wildman–Crippen MR) is 74.8 cm³/mol. The molecule has 1 amide bonds. The van der Waals surface area contributed by atoms with Gasteiger partial charge >= 0.3 is 0 Å². The molecule has 0 radical (unpaired) electrons. The summed E-state index contributed by atoms with van der Waals surface area (Å²) >= 11 is 3.24. The summed E-state index contributed by atoms with van der Waals surface area (Å²) in [6.07, 6.45) is 1.94. The van der Waals surface area contributed by atoms with Crippen LogP contribution in [0.4, 0.5) is 0 Å². The molecule has 1 fully saturated rings. The largest absolute Gasteiger partial charge is 0.394 e. The Morgan fingerprint density at radius 3 is 3.22 bits per heavy atom. The summed E-state index contributed by atoms with van der Waals surface area (Å²) in [7, 11) is 0. The Labute approximate surface area is 115 Å². The predicted octanol–water partition coefficient (Wildman–Crippen LogP) is 1.67. The second-order valence-electron chi connectivity index (χ2n) is 4.42. The van der Waals surface area contributed by atoms with Gasteiger partial charge in [-0.2, -0.15) is 0 Å². The van der Waals surface area contributed by atoms with E-state index in [0.29, 0.717) is 5.75 Å². The highest BCUT2D eigenvalue weighted by Gasteiger charge is 2.27. The Balaban J connectivity index is 1.74. The lowest BCUT2D eigenvalue weighted by Gasteiger charge is -2.22. The highest BCUT2D eigenvalue weighted by atomic mass is 32.2. The average Bonchev–Trinajstić information content (AvgIpc) is 2.97. The van der Waals surface area contributed by atoms with E-state index in [1.807, 2.05) is 17.2 Å². The van der Waals surface area contributed by atoms with E-state index in [0.717, 1.165) is 35.8 Å². The number of aryl methyl sites for hydroxylation is 1. The number of amides is 1. The molecule has 6 heteroatoms. The van der Waals surface area contributed by atoms with Crippen molar-refractivity contribution in [3.05, 3.63) is 16.1 Å². The summed E-state index contributed by atoms with van der Waals surface area (Å²) < 4.78 is 0. The number of hydrogen-bond donors (Lipinski definition) is 1. The summed E-state index contributed by atoms with van der Waals surface area (Å²) in [5.74, 6) is 1.41.